The van der Waals surface area contributed by atoms with Gasteiger partial charge in [0, 0.05) is 38.3 Å². The lowest BCUT2D eigenvalue weighted by atomic mass is 9.81. The Labute approximate surface area is 140 Å². The van der Waals surface area contributed by atoms with E-state index in [2.05, 4.69) is 17.1 Å². The molecule has 0 aromatic carbocycles. The number of hydrogen-bond acceptors (Lipinski definition) is 3. The quantitative estimate of drug-likeness (QED) is 0.612. The van der Waals surface area contributed by atoms with Gasteiger partial charge >= 0.3 is 0 Å². The van der Waals surface area contributed by atoms with E-state index < -0.39 is 0 Å². The number of aliphatic hydroxyl groups excluding tert-OH is 1. The summed E-state index contributed by atoms with van der Waals surface area (Å²) in [5, 5.41) is 13.3. The van der Waals surface area contributed by atoms with Crippen molar-refractivity contribution in [2.24, 2.45) is 22.2 Å². The van der Waals surface area contributed by atoms with E-state index in [9.17, 15) is 5.11 Å². The largest absolute Gasteiger partial charge is 0.396 e. The van der Waals surface area contributed by atoms with Crippen LogP contribution in [0.4, 0.5) is 0 Å². The topological polar surface area (TPSA) is 57.1 Å². The van der Waals surface area contributed by atoms with Gasteiger partial charge in [0.1, 0.15) is 0 Å². The van der Waals surface area contributed by atoms with Crippen LogP contribution in [0, 0.1) is 17.3 Å². The average molecular weight is 323 g/mol. The van der Waals surface area contributed by atoms with Crippen molar-refractivity contribution in [1.82, 2.24) is 10.2 Å². The number of nitrogens with one attached hydrogen (secondary N) is 1. The summed E-state index contributed by atoms with van der Waals surface area (Å²) >= 11 is 0. The zero-order valence-corrected chi connectivity index (χ0v) is 14.6. The monoisotopic (exact) mass is 323 g/mol. The first-order valence-corrected chi connectivity index (χ1v) is 9.48. The first kappa shape index (κ1) is 17.0. The molecule has 2 N–H and O–H groups in total. The van der Waals surface area contributed by atoms with Crippen molar-refractivity contribution in [3.8, 4) is 0 Å². The predicted octanol–water partition coefficient (Wildman–Crippen LogP) is 1.86. The number of fused-ring (bicyclic) bond motifs is 1. The van der Waals surface area contributed by atoms with Crippen molar-refractivity contribution in [3.05, 3.63) is 0 Å². The Morgan fingerprint density at radius 2 is 1.87 bits per heavy atom. The normalized spacial score (nSPS) is 31.0. The molecule has 2 aliphatic heterocycles. The molecule has 3 rings (SSSR count). The highest BCUT2D eigenvalue weighted by atomic mass is 16.5. The van der Waals surface area contributed by atoms with E-state index in [-0.39, 0.29) is 12.0 Å². The summed E-state index contributed by atoms with van der Waals surface area (Å²) in [5.41, 5.74) is -0.0780. The number of hydrogen-bond donors (Lipinski definition) is 2. The lowest BCUT2D eigenvalue weighted by Crippen LogP contribution is -2.42. The van der Waals surface area contributed by atoms with Crippen LogP contribution in [0.3, 0.4) is 0 Å². The molecule has 2 heterocycles. The smallest absolute Gasteiger partial charge is 0.193 e. The Morgan fingerprint density at radius 1 is 1.22 bits per heavy atom. The van der Waals surface area contributed by atoms with Crippen molar-refractivity contribution >= 4 is 5.96 Å². The van der Waals surface area contributed by atoms with Crippen molar-refractivity contribution < 1.29 is 9.84 Å². The van der Waals surface area contributed by atoms with Crippen LogP contribution >= 0.6 is 0 Å². The van der Waals surface area contributed by atoms with Crippen molar-refractivity contribution in [3.63, 3.8) is 0 Å². The predicted molar refractivity (Wildman–Crippen MR) is 92.6 cm³/mol. The van der Waals surface area contributed by atoms with E-state index in [1.165, 1.54) is 25.7 Å². The maximum Gasteiger partial charge on any atom is 0.193 e. The SMILES string of the molecule is CCNC(=NCC1(CO)CCOCC1)N1CC2CCCCC2C1. The summed E-state index contributed by atoms with van der Waals surface area (Å²) in [6.45, 7) is 7.78. The molecular formula is C18H33N3O2. The van der Waals surface area contributed by atoms with E-state index in [1.54, 1.807) is 0 Å². The van der Waals surface area contributed by atoms with Gasteiger partial charge in [-0.2, -0.15) is 0 Å². The summed E-state index contributed by atoms with van der Waals surface area (Å²) in [4.78, 5) is 7.40. The Hall–Kier alpha value is -0.810. The van der Waals surface area contributed by atoms with Crippen LogP contribution < -0.4 is 5.32 Å². The minimum absolute atomic E-state index is 0.0780. The number of likely N-dealkylation sites (tertiary alicyclic amines) is 1. The second-order valence-corrected chi connectivity index (χ2v) is 7.65. The molecule has 5 heteroatoms. The van der Waals surface area contributed by atoms with Crippen molar-refractivity contribution in [2.75, 3.05) is 46.0 Å². The van der Waals surface area contributed by atoms with Gasteiger partial charge in [0.05, 0.1) is 13.2 Å². The van der Waals surface area contributed by atoms with Gasteiger partial charge in [-0.05, 0) is 44.4 Å². The highest BCUT2D eigenvalue weighted by Gasteiger charge is 2.36. The molecule has 1 aliphatic carbocycles. The third-order valence-electron chi connectivity index (χ3n) is 6.06. The molecule has 2 atom stereocenters. The summed E-state index contributed by atoms with van der Waals surface area (Å²) in [6, 6.07) is 0. The number of rotatable bonds is 4. The van der Waals surface area contributed by atoms with Gasteiger partial charge in [-0.25, -0.2) is 0 Å². The fraction of sp³-hybridized carbons (Fsp3) is 0.944. The van der Waals surface area contributed by atoms with Crippen LogP contribution in [-0.4, -0.2) is 62.0 Å². The van der Waals surface area contributed by atoms with Gasteiger partial charge in [0.25, 0.3) is 0 Å². The second kappa shape index (κ2) is 7.84. The average Bonchev–Trinajstić information content (AvgIpc) is 3.03. The standard InChI is InChI=1S/C18H33N3O2/c1-2-19-17(20-13-18(14-22)7-9-23-10-8-18)21-11-15-5-3-4-6-16(15)12-21/h15-16,22H,2-14H2,1H3,(H,19,20). The summed E-state index contributed by atoms with van der Waals surface area (Å²) < 4.78 is 5.46. The molecule has 0 radical (unpaired) electrons. The Morgan fingerprint density at radius 3 is 2.43 bits per heavy atom. The summed E-state index contributed by atoms with van der Waals surface area (Å²) in [5.74, 6) is 2.78. The van der Waals surface area contributed by atoms with Gasteiger partial charge in [0.2, 0.25) is 0 Å². The molecule has 0 bridgehead atoms. The second-order valence-electron chi connectivity index (χ2n) is 7.65. The molecule has 5 nitrogen and oxygen atoms in total. The molecule has 0 aromatic heterocycles. The van der Waals surface area contributed by atoms with Gasteiger partial charge in [-0.1, -0.05) is 12.8 Å². The van der Waals surface area contributed by atoms with Crippen LogP contribution in [0.15, 0.2) is 4.99 Å². The molecule has 2 saturated heterocycles. The van der Waals surface area contributed by atoms with E-state index in [0.29, 0.717) is 6.54 Å². The van der Waals surface area contributed by atoms with Gasteiger partial charge in [-0.15, -0.1) is 0 Å². The summed E-state index contributed by atoms with van der Waals surface area (Å²) in [7, 11) is 0. The molecule has 23 heavy (non-hydrogen) atoms. The highest BCUT2D eigenvalue weighted by Crippen LogP contribution is 2.36. The van der Waals surface area contributed by atoms with E-state index in [0.717, 1.165) is 63.5 Å². The molecule has 132 valence electrons. The molecule has 0 spiro atoms. The number of ether oxygens (including phenoxy) is 1. The lowest BCUT2D eigenvalue weighted by molar-refractivity contribution is -0.0107. The van der Waals surface area contributed by atoms with Gasteiger partial charge in [0.15, 0.2) is 5.96 Å². The summed E-state index contributed by atoms with van der Waals surface area (Å²) in [6.07, 6.45) is 7.40. The van der Waals surface area contributed by atoms with Crippen LogP contribution in [0.1, 0.15) is 45.4 Å². The number of nitrogens with zero attached hydrogens (tertiary/aromatic N) is 2. The third-order valence-corrected chi connectivity index (χ3v) is 6.06. The number of aliphatic imine (C=N–C) groups is 1. The zero-order valence-electron chi connectivity index (χ0n) is 14.6. The minimum atomic E-state index is -0.0780. The number of guanidine groups is 1. The van der Waals surface area contributed by atoms with Crippen LogP contribution in [-0.2, 0) is 4.74 Å². The lowest BCUT2D eigenvalue weighted by Gasteiger charge is -2.34. The fourth-order valence-corrected chi connectivity index (χ4v) is 4.42. The number of aliphatic hydroxyl groups is 1. The van der Waals surface area contributed by atoms with Crippen LogP contribution in [0.2, 0.25) is 0 Å². The van der Waals surface area contributed by atoms with Crippen molar-refractivity contribution in [2.45, 2.75) is 45.4 Å². The van der Waals surface area contributed by atoms with E-state index in [1.807, 2.05) is 0 Å². The molecule has 0 aromatic rings. The third kappa shape index (κ3) is 4.00. The first-order valence-electron chi connectivity index (χ1n) is 9.48. The Kier molecular flexibility index (Phi) is 5.81. The maximum absolute atomic E-state index is 9.86. The van der Waals surface area contributed by atoms with Crippen LogP contribution in [0.25, 0.3) is 0 Å². The maximum atomic E-state index is 9.86. The Bertz CT molecular complexity index is 393. The van der Waals surface area contributed by atoms with E-state index in [4.69, 9.17) is 9.73 Å². The molecule has 0 amide bonds. The van der Waals surface area contributed by atoms with Gasteiger partial charge < -0.3 is 20.1 Å². The van der Waals surface area contributed by atoms with Crippen molar-refractivity contribution in [1.29, 1.82) is 0 Å². The highest BCUT2D eigenvalue weighted by molar-refractivity contribution is 5.80. The zero-order chi connectivity index (χ0) is 16.1. The molecular weight excluding hydrogens is 290 g/mol. The molecule has 2 unspecified atom stereocenters. The molecule has 3 fully saturated rings. The molecule has 3 aliphatic rings. The Balaban J connectivity index is 1.65. The fourth-order valence-electron chi connectivity index (χ4n) is 4.42. The van der Waals surface area contributed by atoms with E-state index >= 15 is 0 Å². The van der Waals surface area contributed by atoms with Gasteiger partial charge in [-0.3, -0.25) is 4.99 Å². The molecule has 1 saturated carbocycles. The minimum Gasteiger partial charge on any atom is -0.396 e. The van der Waals surface area contributed by atoms with Crippen LogP contribution in [0.5, 0.6) is 0 Å². The first-order chi connectivity index (χ1) is 11.3.